The summed E-state index contributed by atoms with van der Waals surface area (Å²) in [6.07, 6.45) is 0.652. The summed E-state index contributed by atoms with van der Waals surface area (Å²) in [6.45, 7) is 4.11. The van der Waals surface area contributed by atoms with Crippen LogP contribution in [-0.4, -0.2) is 67.2 Å². The van der Waals surface area contributed by atoms with E-state index in [0.717, 1.165) is 19.5 Å². The lowest BCUT2D eigenvalue weighted by atomic mass is 9.94. The minimum absolute atomic E-state index is 0.0673. The Labute approximate surface area is 90.8 Å². The molecule has 4 N–H and O–H groups in total. The highest BCUT2D eigenvalue weighted by Crippen LogP contribution is 2.16. The number of likely N-dealkylation sites (tertiary alicyclic amines) is 1. The number of ether oxygens (including phenoxy) is 1. The molecule has 0 aromatic rings. The SMILES string of the molecule is NC[C@@H]1CCN(CCOCCO)CC1O. The number of hydrogen-bond donors (Lipinski definition) is 3. The Kier molecular flexibility index (Phi) is 6.12. The molecule has 5 nitrogen and oxygen atoms in total. The van der Waals surface area contributed by atoms with E-state index in [1.165, 1.54) is 0 Å². The monoisotopic (exact) mass is 218 g/mol. The molecule has 1 heterocycles. The van der Waals surface area contributed by atoms with Crippen LogP contribution in [0.15, 0.2) is 0 Å². The van der Waals surface area contributed by atoms with Crippen LogP contribution in [-0.2, 0) is 4.74 Å². The van der Waals surface area contributed by atoms with Crippen LogP contribution in [0.25, 0.3) is 0 Å². The summed E-state index contributed by atoms with van der Waals surface area (Å²) in [4.78, 5) is 2.17. The average Bonchev–Trinajstić information content (AvgIpc) is 2.25. The topological polar surface area (TPSA) is 79.0 Å². The summed E-state index contributed by atoms with van der Waals surface area (Å²) < 4.78 is 5.18. The van der Waals surface area contributed by atoms with E-state index in [9.17, 15) is 5.11 Å². The molecule has 0 spiro atoms. The highest BCUT2D eigenvalue weighted by molar-refractivity contribution is 4.80. The summed E-state index contributed by atoms with van der Waals surface area (Å²) in [6, 6.07) is 0. The Morgan fingerprint density at radius 2 is 2.20 bits per heavy atom. The van der Waals surface area contributed by atoms with Gasteiger partial charge in [0.05, 0.1) is 25.9 Å². The largest absolute Gasteiger partial charge is 0.394 e. The molecule has 15 heavy (non-hydrogen) atoms. The Balaban J connectivity index is 2.11. The minimum atomic E-state index is -0.304. The van der Waals surface area contributed by atoms with Gasteiger partial charge in [0.15, 0.2) is 0 Å². The molecule has 1 rings (SSSR count). The van der Waals surface area contributed by atoms with Crippen molar-refractivity contribution in [3.8, 4) is 0 Å². The van der Waals surface area contributed by atoms with Crippen molar-refractivity contribution < 1.29 is 14.9 Å². The number of nitrogens with two attached hydrogens (primary N) is 1. The maximum Gasteiger partial charge on any atom is 0.0707 e. The molecule has 5 heteroatoms. The first-order valence-corrected chi connectivity index (χ1v) is 5.57. The van der Waals surface area contributed by atoms with Gasteiger partial charge in [-0.25, -0.2) is 0 Å². The molecular weight excluding hydrogens is 196 g/mol. The molecule has 1 aliphatic heterocycles. The second-order valence-corrected chi connectivity index (χ2v) is 3.99. The fourth-order valence-electron chi connectivity index (χ4n) is 1.88. The third-order valence-corrected chi connectivity index (χ3v) is 2.90. The van der Waals surface area contributed by atoms with Crippen LogP contribution in [0.3, 0.4) is 0 Å². The van der Waals surface area contributed by atoms with Crippen molar-refractivity contribution in [1.29, 1.82) is 0 Å². The van der Waals surface area contributed by atoms with Crippen LogP contribution in [0, 0.1) is 5.92 Å². The number of hydrogen-bond acceptors (Lipinski definition) is 5. The molecule has 0 bridgehead atoms. The van der Waals surface area contributed by atoms with Crippen LogP contribution in [0.1, 0.15) is 6.42 Å². The zero-order valence-electron chi connectivity index (χ0n) is 9.14. The Hall–Kier alpha value is -0.200. The van der Waals surface area contributed by atoms with Crippen LogP contribution in [0.2, 0.25) is 0 Å². The molecule has 1 aliphatic rings. The molecule has 1 unspecified atom stereocenters. The van der Waals surface area contributed by atoms with Crippen molar-refractivity contribution in [1.82, 2.24) is 4.90 Å². The van der Waals surface area contributed by atoms with Gasteiger partial charge in [-0.2, -0.15) is 0 Å². The smallest absolute Gasteiger partial charge is 0.0707 e. The standard InChI is InChI=1S/C10H22N2O3/c11-7-9-1-2-12(8-10(9)14)3-5-15-6-4-13/h9-10,13-14H,1-8,11H2/t9-,10?/m0/s1. The summed E-state index contributed by atoms with van der Waals surface area (Å²) in [5.74, 6) is 0.250. The predicted octanol–water partition coefficient (Wildman–Crippen LogP) is -1.36. The quantitative estimate of drug-likeness (QED) is 0.480. The van der Waals surface area contributed by atoms with E-state index in [1.807, 2.05) is 0 Å². The van der Waals surface area contributed by atoms with Gasteiger partial charge in [0, 0.05) is 13.1 Å². The van der Waals surface area contributed by atoms with Crippen LogP contribution in [0.4, 0.5) is 0 Å². The lowest BCUT2D eigenvalue weighted by Gasteiger charge is -2.35. The van der Waals surface area contributed by atoms with E-state index >= 15 is 0 Å². The highest BCUT2D eigenvalue weighted by atomic mass is 16.5. The lowest BCUT2D eigenvalue weighted by Crippen LogP contribution is -2.47. The number of β-amino-alcohol motifs (C(OH)–C–C–N with tert-alkyl or cyclic N) is 1. The van der Waals surface area contributed by atoms with Gasteiger partial charge in [0.25, 0.3) is 0 Å². The zero-order valence-corrected chi connectivity index (χ0v) is 9.14. The van der Waals surface area contributed by atoms with E-state index < -0.39 is 0 Å². The minimum Gasteiger partial charge on any atom is -0.394 e. The molecule has 0 radical (unpaired) electrons. The summed E-state index contributed by atoms with van der Waals surface area (Å²) in [7, 11) is 0. The molecule has 0 amide bonds. The predicted molar refractivity (Wildman–Crippen MR) is 57.5 cm³/mol. The Morgan fingerprint density at radius 3 is 2.80 bits per heavy atom. The van der Waals surface area contributed by atoms with Crippen LogP contribution >= 0.6 is 0 Å². The zero-order chi connectivity index (χ0) is 11.1. The van der Waals surface area contributed by atoms with Crippen molar-refractivity contribution in [2.75, 3.05) is 46.0 Å². The van der Waals surface area contributed by atoms with Gasteiger partial charge < -0.3 is 20.7 Å². The molecule has 90 valence electrons. The molecule has 0 aromatic heterocycles. The molecule has 0 saturated carbocycles. The van der Waals surface area contributed by atoms with Crippen molar-refractivity contribution >= 4 is 0 Å². The first kappa shape index (κ1) is 12.9. The molecule has 0 aliphatic carbocycles. The fraction of sp³-hybridized carbons (Fsp3) is 1.00. The van der Waals surface area contributed by atoms with Crippen molar-refractivity contribution in [2.45, 2.75) is 12.5 Å². The van der Waals surface area contributed by atoms with E-state index in [-0.39, 0.29) is 18.6 Å². The summed E-state index contributed by atoms with van der Waals surface area (Å²) in [5, 5.41) is 18.3. The van der Waals surface area contributed by atoms with Crippen molar-refractivity contribution in [3.63, 3.8) is 0 Å². The van der Waals surface area contributed by atoms with E-state index in [1.54, 1.807) is 0 Å². The Bertz CT molecular complexity index is 169. The third-order valence-electron chi connectivity index (χ3n) is 2.90. The number of aliphatic hydroxyl groups is 2. The molecule has 0 aromatic carbocycles. The van der Waals surface area contributed by atoms with Crippen LogP contribution < -0.4 is 5.73 Å². The molecular formula is C10H22N2O3. The molecule has 2 atom stereocenters. The van der Waals surface area contributed by atoms with Gasteiger partial charge in [-0.05, 0) is 25.4 Å². The first-order chi connectivity index (χ1) is 7.27. The molecule has 1 saturated heterocycles. The fourth-order valence-corrected chi connectivity index (χ4v) is 1.88. The highest BCUT2D eigenvalue weighted by Gasteiger charge is 2.25. The average molecular weight is 218 g/mol. The lowest BCUT2D eigenvalue weighted by molar-refractivity contribution is 0.00784. The van der Waals surface area contributed by atoms with Gasteiger partial charge in [0.1, 0.15) is 0 Å². The third kappa shape index (κ3) is 4.44. The second-order valence-electron chi connectivity index (χ2n) is 3.99. The van der Waals surface area contributed by atoms with Crippen molar-refractivity contribution in [3.05, 3.63) is 0 Å². The number of nitrogens with zero attached hydrogens (tertiary/aromatic N) is 1. The van der Waals surface area contributed by atoms with Gasteiger partial charge in [-0.1, -0.05) is 0 Å². The van der Waals surface area contributed by atoms with Gasteiger partial charge >= 0.3 is 0 Å². The summed E-state index contributed by atoms with van der Waals surface area (Å²) in [5.41, 5.74) is 5.55. The van der Waals surface area contributed by atoms with Gasteiger partial charge in [0.2, 0.25) is 0 Å². The maximum atomic E-state index is 9.74. The molecule has 1 fully saturated rings. The normalized spacial score (nSPS) is 28.2. The Morgan fingerprint density at radius 1 is 1.40 bits per heavy atom. The van der Waals surface area contributed by atoms with E-state index in [4.69, 9.17) is 15.6 Å². The maximum absolute atomic E-state index is 9.74. The first-order valence-electron chi connectivity index (χ1n) is 5.57. The number of aliphatic hydroxyl groups excluding tert-OH is 2. The van der Waals surface area contributed by atoms with E-state index in [2.05, 4.69) is 4.90 Å². The van der Waals surface area contributed by atoms with Gasteiger partial charge in [-0.3, -0.25) is 4.90 Å². The van der Waals surface area contributed by atoms with Crippen molar-refractivity contribution in [2.24, 2.45) is 11.7 Å². The number of rotatable bonds is 6. The number of piperidine rings is 1. The second kappa shape index (κ2) is 7.14. The van der Waals surface area contributed by atoms with Crippen LogP contribution in [0.5, 0.6) is 0 Å². The van der Waals surface area contributed by atoms with E-state index in [0.29, 0.717) is 26.3 Å². The summed E-state index contributed by atoms with van der Waals surface area (Å²) >= 11 is 0. The van der Waals surface area contributed by atoms with Gasteiger partial charge in [-0.15, -0.1) is 0 Å².